The molecule has 0 radical (unpaired) electrons. The first kappa shape index (κ1) is 18.2. The van der Waals surface area contributed by atoms with Crippen LogP contribution in [-0.4, -0.2) is 28.6 Å². The van der Waals surface area contributed by atoms with Crippen LogP contribution in [0, 0.1) is 5.92 Å². The maximum Gasteiger partial charge on any atom is 0.303 e. The van der Waals surface area contributed by atoms with Crippen LogP contribution >= 0.6 is 11.6 Å². The number of aromatic nitrogens is 1. The van der Waals surface area contributed by atoms with Crippen molar-refractivity contribution in [1.29, 1.82) is 0 Å². The number of amides is 1. The van der Waals surface area contributed by atoms with Crippen LogP contribution in [-0.2, 0) is 11.2 Å². The molecule has 1 amide bonds. The molecule has 136 valence electrons. The third-order valence-electron chi connectivity index (χ3n) is 4.06. The van der Waals surface area contributed by atoms with E-state index in [0.29, 0.717) is 41.1 Å². The summed E-state index contributed by atoms with van der Waals surface area (Å²) in [6.07, 6.45) is 4.31. The molecule has 6 nitrogen and oxygen atoms in total. The van der Waals surface area contributed by atoms with Gasteiger partial charge < -0.3 is 15.2 Å². The summed E-state index contributed by atoms with van der Waals surface area (Å²) in [5.74, 6) is -0.227. The molecule has 1 heterocycles. The van der Waals surface area contributed by atoms with Gasteiger partial charge in [0, 0.05) is 18.3 Å². The van der Waals surface area contributed by atoms with Gasteiger partial charge in [0.2, 0.25) is 5.88 Å². The molecule has 1 fully saturated rings. The van der Waals surface area contributed by atoms with Gasteiger partial charge in [0.25, 0.3) is 5.91 Å². The van der Waals surface area contributed by atoms with Gasteiger partial charge in [0.1, 0.15) is 5.02 Å². The molecule has 7 heteroatoms. The van der Waals surface area contributed by atoms with Crippen LogP contribution in [0.4, 0.5) is 5.69 Å². The van der Waals surface area contributed by atoms with Gasteiger partial charge in [0.15, 0.2) is 0 Å². The molecule has 1 aliphatic rings. The normalized spacial score (nSPS) is 13.3. The van der Waals surface area contributed by atoms with Crippen LogP contribution in [0.3, 0.4) is 0 Å². The van der Waals surface area contributed by atoms with Gasteiger partial charge in [-0.15, -0.1) is 0 Å². The van der Waals surface area contributed by atoms with Crippen LogP contribution in [0.1, 0.15) is 35.2 Å². The summed E-state index contributed by atoms with van der Waals surface area (Å²) in [7, 11) is 0. The zero-order chi connectivity index (χ0) is 18.5. The van der Waals surface area contributed by atoms with Crippen LogP contribution in [0.15, 0.2) is 36.5 Å². The van der Waals surface area contributed by atoms with Gasteiger partial charge in [0.05, 0.1) is 12.2 Å². The number of nitrogens with one attached hydrogen (secondary N) is 1. The number of pyridine rings is 1. The summed E-state index contributed by atoms with van der Waals surface area (Å²) < 4.78 is 5.55. The third kappa shape index (κ3) is 5.20. The van der Waals surface area contributed by atoms with E-state index in [1.165, 1.54) is 25.1 Å². The smallest absolute Gasteiger partial charge is 0.303 e. The van der Waals surface area contributed by atoms with Crippen molar-refractivity contribution in [3.8, 4) is 5.88 Å². The number of benzene rings is 1. The van der Waals surface area contributed by atoms with Crippen LogP contribution in [0.5, 0.6) is 5.88 Å². The molecule has 1 saturated carbocycles. The third-order valence-corrected chi connectivity index (χ3v) is 4.33. The second kappa shape index (κ2) is 8.19. The summed E-state index contributed by atoms with van der Waals surface area (Å²) >= 11 is 6.15. The Morgan fingerprint density at radius 3 is 2.62 bits per heavy atom. The van der Waals surface area contributed by atoms with Crippen LogP contribution in [0.2, 0.25) is 5.02 Å². The zero-order valence-electron chi connectivity index (χ0n) is 14.1. The standard InChI is InChI=1S/C19H19ClN2O4/c20-16-9-14(10-21-19(16)26-11-13-1-2-13)18(25)22-15-6-3-12(4-7-15)5-8-17(23)24/h3-4,6-7,9-10,13H,1-2,5,8,11H2,(H,22,25)(H,23,24). The lowest BCUT2D eigenvalue weighted by atomic mass is 10.1. The van der Waals surface area contributed by atoms with Crippen molar-refractivity contribution in [3.63, 3.8) is 0 Å². The van der Waals surface area contributed by atoms with Gasteiger partial charge in [-0.25, -0.2) is 4.98 Å². The van der Waals surface area contributed by atoms with E-state index in [9.17, 15) is 9.59 Å². The highest BCUT2D eigenvalue weighted by Crippen LogP contribution is 2.31. The fourth-order valence-electron chi connectivity index (χ4n) is 2.35. The maximum absolute atomic E-state index is 12.3. The van der Waals surface area contributed by atoms with E-state index in [1.807, 2.05) is 0 Å². The van der Waals surface area contributed by atoms with Crippen molar-refractivity contribution in [3.05, 3.63) is 52.7 Å². The molecular formula is C19H19ClN2O4. The number of carboxylic acids is 1. The first-order valence-corrected chi connectivity index (χ1v) is 8.79. The lowest BCUT2D eigenvalue weighted by Gasteiger charge is -2.09. The first-order valence-electron chi connectivity index (χ1n) is 8.41. The number of anilines is 1. The number of hydrogen-bond acceptors (Lipinski definition) is 4. The molecule has 0 atom stereocenters. The Morgan fingerprint density at radius 2 is 2.00 bits per heavy atom. The number of hydrogen-bond donors (Lipinski definition) is 2. The highest BCUT2D eigenvalue weighted by molar-refractivity contribution is 6.32. The number of aryl methyl sites for hydroxylation is 1. The van der Waals surface area contributed by atoms with Crippen molar-refractivity contribution in [1.82, 2.24) is 4.98 Å². The van der Waals surface area contributed by atoms with E-state index in [-0.39, 0.29) is 12.3 Å². The number of carboxylic acid groups (broad SMARTS) is 1. The number of halogens is 1. The topological polar surface area (TPSA) is 88.5 Å². The minimum absolute atomic E-state index is 0.0744. The lowest BCUT2D eigenvalue weighted by molar-refractivity contribution is -0.136. The Labute approximate surface area is 156 Å². The molecule has 2 aromatic rings. The average Bonchev–Trinajstić information content (AvgIpc) is 3.44. The number of aliphatic carboxylic acids is 1. The van der Waals surface area contributed by atoms with Crippen molar-refractivity contribution >= 4 is 29.2 Å². The second-order valence-corrected chi connectivity index (χ2v) is 6.72. The molecule has 0 aliphatic heterocycles. The van der Waals surface area contributed by atoms with Gasteiger partial charge in [-0.3, -0.25) is 9.59 Å². The molecule has 0 spiro atoms. The number of ether oxygens (including phenoxy) is 1. The van der Waals surface area contributed by atoms with E-state index in [4.69, 9.17) is 21.4 Å². The fourth-order valence-corrected chi connectivity index (χ4v) is 2.57. The molecule has 2 N–H and O–H groups in total. The van der Waals surface area contributed by atoms with Crippen LogP contribution in [0.25, 0.3) is 0 Å². The Hall–Kier alpha value is -2.60. The summed E-state index contributed by atoms with van der Waals surface area (Å²) in [5, 5.41) is 11.8. The van der Waals surface area contributed by atoms with Crippen LogP contribution < -0.4 is 10.1 Å². The number of nitrogens with zero attached hydrogens (tertiary/aromatic N) is 1. The molecule has 0 saturated heterocycles. The number of rotatable bonds is 8. The first-order chi connectivity index (χ1) is 12.5. The van der Waals surface area contributed by atoms with Gasteiger partial charge in [-0.05, 0) is 48.9 Å². The molecule has 0 bridgehead atoms. The molecular weight excluding hydrogens is 356 g/mol. The SMILES string of the molecule is O=C(O)CCc1ccc(NC(=O)c2cnc(OCC3CC3)c(Cl)c2)cc1. The molecule has 26 heavy (non-hydrogen) atoms. The molecule has 1 aliphatic carbocycles. The maximum atomic E-state index is 12.3. The van der Waals surface area contributed by atoms with E-state index in [2.05, 4.69) is 10.3 Å². The molecule has 3 rings (SSSR count). The Morgan fingerprint density at radius 1 is 1.27 bits per heavy atom. The van der Waals surface area contributed by atoms with E-state index in [1.54, 1.807) is 24.3 Å². The predicted octanol–water partition coefficient (Wildman–Crippen LogP) is 3.79. The minimum atomic E-state index is -0.837. The minimum Gasteiger partial charge on any atom is -0.481 e. The summed E-state index contributed by atoms with van der Waals surface area (Å²) in [5.41, 5.74) is 1.84. The number of carbonyl (C=O) groups excluding carboxylic acids is 1. The highest BCUT2D eigenvalue weighted by atomic mass is 35.5. The summed E-state index contributed by atoms with van der Waals surface area (Å²) in [6.45, 7) is 0.604. The second-order valence-electron chi connectivity index (χ2n) is 6.31. The lowest BCUT2D eigenvalue weighted by Crippen LogP contribution is -2.12. The zero-order valence-corrected chi connectivity index (χ0v) is 14.8. The molecule has 1 aromatic heterocycles. The largest absolute Gasteiger partial charge is 0.481 e. The van der Waals surface area contributed by atoms with Gasteiger partial charge in [-0.2, -0.15) is 0 Å². The molecule has 1 aromatic carbocycles. The molecule has 0 unspecified atom stereocenters. The Kier molecular flexibility index (Phi) is 5.73. The highest BCUT2D eigenvalue weighted by Gasteiger charge is 2.22. The summed E-state index contributed by atoms with van der Waals surface area (Å²) in [4.78, 5) is 27.0. The average molecular weight is 375 g/mol. The Bertz CT molecular complexity index is 804. The van der Waals surface area contributed by atoms with Crippen molar-refractivity contribution in [2.45, 2.75) is 25.7 Å². The van der Waals surface area contributed by atoms with E-state index >= 15 is 0 Å². The van der Waals surface area contributed by atoms with E-state index < -0.39 is 5.97 Å². The van der Waals surface area contributed by atoms with Crippen molar-refractivity contribution < 1.29 is 19.4 Å². The van der Waals surface area contributed by atoms with Crippen molar-refractivity contribution in [2.75, 3.05) is 11.9 Å². The predicted molar refractivity (Wildman–Crippen MR) is 97.8 cm³/mol. The van der Waals surface area contributed by atoms with Gasteiger partial charge in [-0.1, -0.05) is 23.7 Å². The van der Waals surface area contributed by atoms with Gasteiger partial charge >= 0.3 is 5.97 Å². The number of carbonyl (C=O) groups is 2. The fraction of sp³-hybridized carbons (Fsp3) is 0.316. The van der Waals surface area contributed by atoms with E-state index in [0.717, 1.165) is 5.56 Å². The summed E-state index contributed by atoms with van der Waals surface area (Å²) in [6, 6.07) is 8.58. The Balaban J connectivity index is 1.58. The van der Waals surface area contributed by atoms with Crippen molar-refractivity contribution in [2.24, 2.45) is 5.92 Å². The quantitative estimate of drug-likeness (QED) is 0.733. The monoisotopic (exact) mass is 374 g/mol.